The van der Waals surface area contributed by atoms with Gasteiger partial charge in [-0.1, -0.05) is 65.2 Å². The van der Waals surface area contributed by atoms with Crippen LogP contribution in [0.4, 0.5) is 0 Å². The van der Waals surface area contributed by atoms with E-state index in [-0.39, 0.29) is 0 Å². The lowest BCUT2D eigenvalue weighted by Gasteiger charge is -2.03. The fourth-order valence-corrected chi connectivity index (χ4v) is 1.72. The number of halogens is 3. The molecule has 1 nitrogen and oxygen atoms in total. The molecule has 0 aromatic rings. The maximum absolute atomic E-state index is 5.59. The summed E-state index contributed by atoms with van der Waals surface area (Å²) in [5, 5.41) is 0. The summed E-state index contributed by atoms with van der Waals surface area (Å²) >= 11 is 9.73. The average Bonchev–Trinajstić information content (AvgIpc) is 2.35. The molecule has 0 atom stereocenters. The molecule has 0 spiro atoms. The van der Waals surface area contributed by atoms with E-state index in [4.69, 9.17) is 4.74 Å². The first kappa shape index (κ1) is 23.2. The van der Waals surface area contributed by atoms with Crippen LogP contribution in [0.15, 0.2) is 0 Å². The Balaban J connectivity index is 0. The van der Waals surface area contributed by atoms with Gasteiger partial charge < -0.3 is 4.74 Å². The van der Waals surface area contributed by atoms with Gasteiger partial charge in [-0.15, -0.1) is 0 Å². The van der Waals surface area contributed by atoms with Crippen molar-refractivity contribution in [3.63, 3.8) is 0 Å². The Labute approximate surface area is 146 Å². The van der Waals surface area contributed by atoms with Crippen molar-refractivity contribution in [3.8, 4) is 0 Å². The Morgan fingerprint density at radius 3 is 1.26 bits per heavy atom. The molecule has 0 heterocycles. The number of rotatable bonds is 12. The van der Waals surface area contributed by atoms with Crippen molar-refractivity contribution >= 4 is 50.8 Å². The Hall–Kier alpha value is 1.93. The minimum absolute atomic E-state index is 0.701. The summed E-state index contributed by atoms with van der Waals surface area (Å²) in [6.07, 6.45) is 13.4. The molecule has 19 heavy (non-hydrogen) atoms. The maximum Gasteiger partial charge on any atom is 0.542 e. The summed E-state index contributed by atoms with van der Waals surface area (Å²) in [7, 11) is -0.701. The minimum atomic E-state index is -0.701. The van der Waals surface area contributed by atoms with Gasteiger partial charge in [-0.05, 0) is 12.8 Å². The predicted molar refractivity (Wildman–Crippen MR) is 101 cm³/mol. The molecule has 0 unspecified atom stereocenters. The number of unbranched alkanes of at least 4 members (excludes halogenated alkanes) is 8. The molecule has 0 rings (SSSR count). The summed E-state index contributed by atoms with van der Waals surface area (Å²) < 4.78 is 5.59. The molecule has 0 saturated heterocycles. The van der Waals surface area contributed by atoms with E-state index in [0.717, 1.165) is 13.2 Å². The fourth-order valence-electron chi connectivity index (χ4n) is 1.72. The quantitative estimate of drug-likeness (QED) is 0.214. The van der Waals surface area contributed by atoms with Crippen molar-refractivity contribution in [1.82, 2.24) is 0 Å². The van der Waals surface area contributed by atoms with Crippen molar-refractivity contribution in [2.45, 2.75) is 78.1 Å². The van der Waals surface area contributed by atoms with Crippen LogP contribution < -0.4 is 0 Å². The SMILES string of the molecule is CCCCCCCOCCCCCCC.[Br][Al]([Br])[Br]. The van der Waals surface area contributed by atoms with E-state index in [2.05, 4.69) is 56.0 Å². The lowest BCUT2D eigenvalue weighted by Crippen LogP contribution is -1.97. The second kappa shape index (κ2) is 22.2. The van der Waals surface area contributed by atoms with E-state index in [1.807, 2.05) is 0 Å². The van der Waals surface area contributed by atoms with Gasteiger partial charge in [0.15, 0.2) is 0 Å². The van der Waals surface area contributed by atoms with Gasteiger partial charge >= 0.3 is 8.67 Å². The van der Waals surface area contributed by atoms with Gasteiger partial charge in [-0.25, -0.2) is 0 Å². The van der Waals surface area contributed by atoms with E-state index in [1.54, 1.807) is 0 Å². The van der Waals surface area contributed by atoms with Crippen LogP contribution in [0.25, 0.3) is 0 Å². The summed E-state index contributed by atoms with van der Waals surface area (Å²) in [4.78, 5) is 0. The second-order valence-electron chi connectivity index (χ2n) is 4.69. The van der Waals surface area contributed by atoms with E-state index in [9.17, 15) is 0 Å². The van der Waals surface area contributed by atoms with Crippen LogP contribution in [0, 0.1) is 0 Å². The van der Waals surface area contributed by atoms with Crippen LogP contribution in [-0.4, -0.2) is 21.9 Å². The van der Waals surface area contributed by atoms with Crippen molar-refractivity contribution in [3.05, 3.63) is 0 Å². The maximum atomic E-state index is 5.59. The first-order valence-corrected chi connectivity index (χ1v) is 17.2. The molecule has 116 valence electrons. The van der Waals surface area contributed by atoms with Crippen LogP contribution in [0.2, 0.25) is 0 Å². The van der Waals surface area contributed by atoms with Gasteiger partial charge in [0.25, 0.3) is 0 Å². The molecule has 0 saturated carbocycles. The van der Waals surface area contributed by atoms with Gasteiger partial charge in [0.1, 0.15) is 0 Å². The molecule has 0 radical (unpaired) electrons. The number of ether oxygens (including phenoxy) is 1. The Bertz CT molecular complexity index is 134. The summed E-state index contributed by atoms with van der Waals surface area (Å²) in [5.74, 6) is 0. The van der Waals surface area contributed by atoms with Crippen LogP contribution in [-0.2, 0) is 4.74 Å². The Morgan fingerprint density at radius 2 is 0.947 bits per heavy atom. The third kappa shape index (κ3) is 33.0. The molecule has 0 fully saturated rings. The van der Waals surface area contributed by atoms with Crippen molar-refractivity contribution < 1.29 is 4.74 Å². The lowest BCUT2D eigenvalue weighted by molar-refractivity contribution is 0.125. The van der Waals surface area contributed by atoms with Crippen LogP contribution in [0.5, 0.6) is 0 Å². The molecule has 0 amide bonds. The fraction of sp³-hybridized carbons (Fsp3) is 1.00. The Kier molecular flexibility index (Phi) is 27.1. The molecule has 0 bridgehead atoms. The van der Waals surface area contributed by atoms with Crippen molar-refractivity contribution in [1.29, 1.82) is 0 Å². The lowest BCUT2D eigenvalue weighted by atomic mass is 10.1. The monoisotopic (exact) mass is 478 g/mol. The van der Waals surface area contributed by atoms with Crippen LogP contribution in [0.3, 0.4) is 0 Å². The molecular weight excluding hydrogens is 451 g/mol. The molecule has 5 heteroatoms. The van der Waals surface area contributed by atoms with Gasteiger partial charge in [-0.2, -0.15) is 42.2 Å². The summed E-state index contributed by atoms with van der Waals surface area (Å²) in [6.45, 7) is 6.48. The predicted octanol–water partition coefficient (Wildman–Crippen LogP) is 7.10. The highest BCUT2D eigenvalue weighted by molar-refractivity contribution is 9.69. The molecule has 0 aliphatic carbocycles. The number of hydrogen-bond acceptors (Lipinski definition) is 1. The van der Waals surface area contributed by atoms with E-state index in [1.165, 1.54) is 64.2 Å². The van der Waals surface area contributed by atoms with Crippen molar-refractivity contribution in [2.24, 2.45) is 0 Å². The average molecular weight is 481 g/mol. The van der Waals surface area contributed by atoms with Gasteiger partial charge in [0.05, 0.1) is 0 Å². The first-order valence-electron chi connectivity index (χ1n) is 7.65. The third-order valence-corrected chi connectivity index (χ3v) is 2.78. The second-order valence-corrected chi connectivity index (χ2v) is 24.5. The van der Waals surface area contributed by atoms with Gasteiger partial charge in [0, 0.05) is 13.2 Å². The minimum Gasteiger partial charge on any atom is -0.381 e. The number of hydrogen-bond donors (Lipinski definition) is 0. The first-order chi connectivity index (χ1) is 9.15. The van der Waals surface area contributed by atoms with E-state index < -0.39 is 8.67 Å². The molecule has 0 aromatic heterocycles. The normalized spacial score (nSPS) is 9.95. The zero-order valence-corrected chi connectivity index (χ0v) is 18.5. The summed E-state index contributed by atoms with van der Waals surface area (Å²) in [5.41, 5.74) is 0. The smallest absolute Gasteiger partial charge is 0.381 e. The highest BCUT2D eigenvalue weighted by Crippen LogP contribution is 2.07. The molecular formula is C14H30AlBr3O. The van der Waals surface area contributed by atoms with Gasteiger partial charge in [0.2, 0.25) is 0 Å². The van der Waals surface area contributed by atoms with E-state index in [0.29, 0.717) is 0 Å². The summed E-state index contributed by atoms with van der Waals surface area (Å²) in [6, 6.07) is 0. The largest absolute Gasteiger partial charge is 0.542 e. The zero-order chi connectivity index (χ0) is 14.8. The highest BCUT2D eigenvalue weighted by atomic mass is 80.0. The third-order valence-electron chi connectivity index (χ3n) is 2.78. The molecule has 0 aliphatic rings. The van der Waals surface area contributed by atoms with E-state index >= 15 is 0 Å². The highest BCUT2D eigenvalue weighted by Gasteiger charge is 1.95. The van der Waals surface area contributed by atoms with Crippen LogP contribution in [0.1, 0.15) is 78.1 Å². The zero-order valence-electron chi connectivity index (χ0n) is 12.6. The Morgan fingerprint density at radius 1 is 0.632 bits per heavy atom. The standard InChI is InChI=1S/C14H30O.Al.3BrH/c1-3-5-7-9-11-13-15-14-12-10-8-6-4-2;;;;/h3-14H2,1-2H3;;3*1H/q;+3;;;/p-3. The molecule has 0 N–H and O–H groups in total. The molecule has 0 aliphatic heterocycles. The van der Waals surface area contributed by atoms with Gasteiger partial charge in [-0.3, -0.25) is 0 Å². The van der Waals surface area contributed by atoms with Crippen molar-refractivity contribution in [2.75, 3.05) is 13.2 Å². The van der Waals surface area contributed by atoms with Crippen LogP contribution >= 0.6 is 42.2 Å². The molecule has 0 aromatic carbocycles. The topological polar surface area (TPSA) is 9.23 Å².